The number of esters is 1. The number of hydrogen-bond acceptors (Lipinski definition) is 5. The van der Waals surface area contributed by atoms with E-state index in [2.05, 4.69) is 0 Å². The molecule has 2 aromatic rings. The summed E-state index contributed by atoms with van der Waals surface area (Å²) in [5.74, 6) is -2.87. The third-order valence-corrected chi connectivity index (χ3v) is 6.00. The van der Waals surface area contributed by atoms with E-state index in [-0.39, 0.29) is 29.1 Å². The van der Waals surface area contributed by atoms with Crippen molar-refractivity contribution in [2.75, 3.05) is 26.3 Å². The molecule has 27 heavy (non-hydrogen) atoms. The number of rotatable bonds is 5. The van der Waals surface area contributed by atoms with Crippen molar-refractivity contribution in [2.45, 2.75) is 11.5 Å². The molecule has 1 fully saturated rings. The van der Waals surface area contributed by atoms with E-state index in [1.165, 1.54) is 40.7 Å². The average Bonchev–Trinajstić information content (AvgIpc) is 2.69. The van der Waals surface area contributed by atoms with Gasteiger partial charge in [-0.25, -0.2) is 22.0 Å². The molecule has 0 atom stereocenters. The van der Waals surface area contributed by atoms with Crippen LogP contribution in [0.2, 0.25) is 0 Å². The van der Waals surface area contributed by atoms with Gasteiger partial charge in [0, 0.05) is 18.7 Å². The van der Waals surface area contributed by atoms with Crippen molar-refractivity contribution in [3.05, 3.63) is 65.2 Å². The quantitative estimate of drug-likeness (QED) is 0.725. The van der Waals surface area contributed by atoms with Gasteiger partial charge in [-0.1, -0.05) is 12.1 Å². The van der Waals surface area contributed by atoms with Crippen molar-refractivity contribution in [3.63, 3.8) is 0 Å². The smallest absolute Gasteiger partial charge is 0.338 e. The van der Waals surface area contributed by atoms with Crippen LogP contribution in [0.3, 0.4) is 0 Å². The van der Waals surface area contributed by atoms with Gasteiger partial charge in [-0.2, -0.15) is 4.31 Å². The maximum Gasteiger partial charge on any atom is 0.338 e. The fourth-order valence-corrected chi connectivity index (χ4v) is 3.99. The van der Waals surface area contributed by atoms with E-state index in [1.807, 2.05) is 0 Å². The van der Waals surface area contributed by atoms with E-state index < -0.39 is 34.2 Å². The molecule has 0 bridgehead atoms. The second-order valence-corrected chi connectivity index (χ2v) is 7.77. The molecule has 3 rings (SSSR count). The Balaban J connectivity index is 1.67. The summed E-state index contributed by atoms with van der Waals surface area (Å²) in [5, 5.41) is 0. The Bertz CT molecular complexity index is 925. The van der Waals surface area contributed by atoms with Gasteiger partial charge < -0.3 is 9.47 Å². The van der Waals surface area contributed by atoms with Gasteiger partial charge in [0.2, 0.25) is 10.0 Å². The molecule has 0 radical (unpaired) electrons. The molecule has 144 valence electrons. The third kappa shape index (κ3) is 4.32. The van der Waals surface area contributed by atoms with Gasteiger partial charge >= 0.3 is 5.97 Å². The first-order valence-electron chi connectivity index (χ1n) is 8.17. The molecular formula is C18H17F2NO5S. The molecule has 0 N–H and O–H groups in total. The Hall–Kier alpha value is -2.36. The zero-order valence-corrected chi connectivity index (χ0v) is 15.0. The second-order valence-electron chi connectivity index (χ2n) is 5.83. The summed E-state index contributed by atoms with van der Waals surface area (Å²) in [6.45, 7) is 0.771. The van der Waals surface area contributed by atoms with E-state index in [9.17, 15) is 22.0 Å². The lowest BCUT2D eigenvalue weighted by Crippen LogP contribution is -2.40. The lowest BCUT2D eigenvalue weighted by atomic mass is 10.2. The lowest BCUT2D eigenvalue weighted by molar-refractivity contribution is 0.0468. The first kappa shape index (κ1) is 19.4. The molecule has 0 spiro atoms. The van der Waals surface area contributed by atoms with E-state index in [0.29, 0.717) is 13.2 Å². The molecule has 0 saturated carbocycles. The molecule has 1 aliphatic rings. The van der Waals surface area contributed by atoms with Gasteiger partial charge in [0.15, 0.2) is 11.6 Å². The maximum atomic E-state index is 13.6. The Morgan fingerprint density at radius 2 is 1.74 bits per heavy atom. The minimum Gasteiger partial charge on any atom is -0.457 e. The van der Waals surface area contributed by atoms with Crippen molar-refractivity contribution in [2.24, 2.45) is 0 Å². The SMILES string of the molecule is O=C(OCc1cccc(F)c1F)c1ccc(S(=O)(=O)N2CCOCC2)cc1. The van der Waals surface area contributed by atoms with Gasteiger partial charge in [-0.15, -0.1) is 0 Å². The predicted octanol–water partition coefficient (Wildman–Crippen LogP) is 2.34. The Morgan fingerprint density at radius 3 is 2.41 bits per heavy atom. The first-order valence-corrected chi connectivity index (χ1v) is 9.61. The van der Waals surface area contributed by atoms with Crippen LogP contribution in [0.25, 0.3) is 0 Å². The van der Waals surface area contributed by atoms with Crippen molar-refractivity contribution >= 4 is 16.0 Å². The molecule has 2 aromatic carbocycles. The summed E-state index contributed by atoms with van der Waals surface area (Å²) in [7, 11) is -3.66. The highest BCUT2D eigenvalue weighted by Gasteiger charge is 2.26. The minimum atomic E-state index is -3.66. The number of morpholine rings is 1. The van der Waals surface area contributed by atoms with E-state index in [4.69, 9.17) is 9.47 Å². The topological polar surface area (TPSA) is 72.9 Å². The van der Waals surface area contributed by atoms with Crippen LogP contribution in [0.5, 0.6) is 0 Å². The summed E-state index contributed by atoms with van der Waals surface area (Å²) in [4.78, 5) is 12.1. The van der Waals surface area contributed by atoms with Crippen LogP contribution in [0.15, 0.2) is 47.4 Å². The van der Waals surface area contributed by atoms with Crippen LogP contribution in [0.4, 0.5) is 8.78 Å². The van der Waals surface area contributed by atoms with Crippen molar-refractivity contribution < 1.29 is 31.5 Å². The lowest BCUT2D eigenvalue weighted by Gasteiger charge is -2.26. The van der Waals surface area contributed by atoms with E-state index in [1.54, 1.807) is 0 Å². The highest BCUT2D eigenvalue weighted by Crippen LogP contribution is 2.19. The molecule has 0 unspecified atom stereocenters. The first-order chi connectivity index (χ1) is 12.9. The summed E-state index contributed by atoms with van der Waals surface area (Å²) < 4.78 is 63.2. The Kier molecular flexibility index (Phi) is 5.83. The molecule has 6 nitrogen and oxygen atoms in total. The summed E-state index contributed by atoms with van der Waals surface area (Å²) >= 11 is 0. The molecule has 0 aliphatic carbocycles. The van der Waals surface area contributed by atoms with Gasteiger partial charge in [0.05, 0.1) is 23.7 Å². The van der Waals surface area contributed by atoms with E-state index in [0.717, 1.165) is 6.07 Å². The van der Waals surface area contributed by atoms with Crippen LogP contribution >= 0.6 is 0 Å². The van der Waals surface area contributed by atoms with Crippen LogP contribution in [0.1, 0.15) is 15.9 Å². The zero-order valence-electron chi connectivity index (χ0n) is 14.2. The van der Waals surface area contributed by atoms with Gasteiger partial charge in [0.1, 0.15) is 6.61 Å². The van der Waals surface area contributed by atoms with Gasteiger partial charge in [-0.05, 0) is 30.3 Å². The summed E-state index contributed by atoms with van der Waals surface area (Å²) in [5.41, 5.74) is 0.0163. The second kappa shape index (κ2) is 8.12. The molecule has 0 aromatic heterocycles. The molecule has 1 heterocycles. The van der Waals surface area contributed by atoms with Crippen molar-refractivity contribution in [1.82, 2.24) is 4.31 Å². The molecule has 0 amide bonds. The monoisotopic (exact) mass is 397 g/mol. The number of hydrogen-bond donors (Lipinski definition) is 0. The minimum absolute atomic E-state index is 0.0529. The highest BCUT2D eigenvalue weighted by atomic mass is 32.2. The third-order valence-electron chi connectivity index (χ3n) is 4.09. The maximum absolute atomic E-state index is 13.6. The molecule has 9 heteroatoms. The Morgan fingerprint density at radius 1 is 1.07 bits per heavy atom. The van der Waals surface area contributed by atoms with E-state index >= 15 is 0 Å². The zero-order chi connectivity index (χ0) is 19.4. The number of halogens is 2. The largest absolute Gasteiger partial charge is 0.457 e. The number of benzene rings is 2. The van der Waals surface area contributed by atoms with Gasteiger partial charge in [-0.3, -0.25) is 0 Å². The molecule has 1 saturated heterocycles. The van der Waals surface area contributed by atoms with Crippen LogP contribution in [0, 0.1) is 11.6 Å². The number of sulfonamides is 1. The van der Waals surface area contributed by atoms with Gasteiger partial charge in [0.25, 0.3) is 0 Å². The standard InChI is InChI=1S/C18H17F2NO5S/c19-16-3-1-2-14(17(16)20)12-26-18(22)13-4-6-15(7-5-13)27(23,24)21-8-10-25-11-9-21/h1-7H,8-12H2. The number of carbonyl (C=O) groups is 1. The van der Waals surface area contributed by atoms with Crippen LogP contribution in [-0.2, 0) is 26.1 Å². The summed E-state index contributed by atoms with van der Waals surface area (Å²) in [6.07, 6.45) is 0. The summed E-state index contributed by atoms with van der Waals surface area (Å²) in [6, 6.07) is 8.84. The fourth-order valence-electron chi connectivity index (χ4n) is 2.59. The number of ether oxygens (including phenoxy) is 2. The van der Waals surface area contributed by atoms with Crippen molar-refractivity contribution in [1.29, 1.82) is 0 Å². The average molecular weight is 397 g/mol. The normalized spacial score (nSPS) is 15.5. The Labute approximate surface area is 155 Å². The molecular weight excluding hydrogens is 380 g/mol. The molecule has 1 aliphatic heterocycles. The number of carbonyl (C=O) groups excluding carboxylic acids is 1. The van der Waals surface area contributed by atoms with Crippen LogP contribution in [-0.4, -0.2) is 45.0 Å². The number of nitrogens with zero attached hydrogens (tertiary/aromatic N) is 1. The van der Waals surface area contributed by atoms with Crippen LogP contribution < -0.4 is 0 Å². The van der Waals surface area contributed by atoms with Crippen molar-refractivity contribution in [3.8, 4) is 0 Å². The predicted molar refractivity (Wildman–Crippen MR) is 91.5 cm³/mol. The highest BCUT2D eigenvalue weighted by molar-refractivity contribution is 7.89. The fraction of sp³-hybridized carbons (Fsp3) is 0.278.